The van der Waals surface area contributed by atoms with Crippen molar-refractivity contribution in [3.8, 4) is 5.69 Å². The Morgan fingerprint density at radius 3 is 2.73 bits per heavy atom. The first-order chi connectivity index (χ1) is 17.9. The van der Waals surface area contributed by atoms with Crippen molar-refractivity contribution in [1.29, 1.82) is 0 Å². The number of hydrogen-bond donors (Lipinski definition) is 2. The van der Waals surface area contributed by atoms with E-state index in [-0.39, 0.29) is 30.2 Å². The van der Waals surface area contributed by atoms with Gasteiger partial charge in [-0.05, 0) is 85.7 Å². The molecular weight excluding hydrogens is 485 g/mol. The van der Waals surface area contributed by atoms with Crippen LogP contribution in [0.15, 0.2) is 85.2 Å². The van der Waals surface area contributed by atoms with E-state index >= 15 is 0 Å². The van der Waals surface area contributed by atoms with E-state index in [1.807, 2.05) is 84.1 Å². The molecule has 0 bridgehead atoms. The van der Waals surface area contributed by atoms with Gasteiger partial charge in [0.05, 0.1) is 17.8 Å². The molecule has 6 nitrogen and oxygen atoms in total. The molecule has 2 atom stereocenters. The molecule has 3 heterocycles. The number of carbonyl (C=O) groups excluding carboxylic acids is 1. The van der Waals surface area contributed by atoms with Gasteiger partial charge < -0.3 is 20.1 Å². The van der Waals surface area contributed by atoms with Gasteiger partial charge in [0.1, 0.15) is 5.82 Å². The lowest BCUT2D eigenvalue weighted by Gasteiger charge is -2.29. The molecule has 5 rings (SSSR count). The third-order valence-corrected chi connectivity index (χ3v) is 6.97. The number of benzene rings is 2. The van der Waals surface area contributed by atoms with Gasteiger partial charge >= 0.3 is 0 Å². The van der Waals surface area contributed by atoms with Gasteiger partial charge in [-0.25, -0.2) is 4.39 Å². The summed E-state index contributed by atoms with van der Waals surface area (Å²) >= 11 is 5.75. The lowest BCUT2D eigenvalue weighted by atomic mass is 10.0. The zero-order valence-electron chi connectivity index (χ0n) is 20.7. The molecule has 188 valence electrons. The first kappa shape index (κ1) is 24.6. The molecule has 1 saturated heterocycles. The van der Waals surface area contributed by atoms with Gasteiger partial charge in [-0.3, -0.25) is 9.78 Å². The van der Waals surface area contributed by atoms with Crippen LogP contribution in [0.25, 0.3) is 5.69 Å². The van der Waals surface area contributed by atoms with Crippen LogP contribution in [-0.4, -0.2) is 32.0 Å². The first-order valence-corrected chi connectivity index (χ1v) is 12.6. The Labute approximate surface area is 221 Å². The minimum absolute atomic E-state index is 0.0861. The van der Waals surface area contributed by atoms with Crippen LogP contribution in [0.3, 0.4) is 0 Å². The van der Waals surface area contributed by atoms with Crippen LogP contribution in [0.5, 0.6) is 0 Å². The third-order valence-electron chi connectivity index (χ3n) is 6.61. The van der Waals surface area contributed by atoms with E-state index in [1.165, 1.54) is 12.1 Å². The summed E-state index contributed by atoms with van der Waals surface area (Å²) < 4.78 is 16.0. The van der Waals surface area contributed by atoms with Gasteiger partial charge in [0.15, 0.2) is 5.11 Å². The number of amides is 1. The van der Waals surface area contributed by atoms with Crippen LogP contribution in [0, 0.1) is 19.7 Å². The highest BCUT2D eigenvalue weighted by Crippen LogP contribution is 2.39. The molecule has 2 aromatic heterocycles. The number of pyridine rings is 1. The van der Waals surface area contributed by atoms with Crippen LogP contribution in [0.4, 0.5) is 10.1 Å². The average Bonchev–Trinajstić information content (AvgIpc) is 3.49. The quantitative estimate of drug-likeness (QED) is 0.314. The Balaban J connectivity index is 1.44. The SMILES string of the molecule is Cc1ccc(C)c(NC(=O)CCN2C(=S)N[C@@H](c3ccccn3)[C@H]2c2cccn2-c2cccc(F)c2)c1. The van der Waals surface area contributed by atoms with E-state index in [4.69, 9.17) is 12.2 Å². The van der Waals surface area contributed by atoms with E-state index in [9.17, 15) is 9.18 Å². The van der Waals surface area contributed by atoms with Crippen LogP contribution in [0.1, 0.15) is 41.0 Å². The molecule has 8 heteroatoms. The van der Waals surface area contributed by atoms with Crippen LogP contribution >= 0.6 is 12.2 Å². The Kier molecular flexibility index (Phi) is 7.01. The fraction of sp³-hybridized carbons (Fsp3) is 0.207. The Bertz CT molecular complexity index is 1440. The molecule has 2 aromatic carbocycles. The van der Waals surface area contributed by atoms with Gasteiger partial charge in [-0.1, -0.05) is 24.3 Å². The second-order valence-corrected chi connectivity index (χ2v) is 9.61. The molecule has 1 aliphatic rings. The molecule has 0 radical (unpaired) electrons. The van der Waals surface area contributed by atoms with E-state index in [0.717, 1.165) is 28.2 Å². The molecule has 1 amide bonds. The maximum atomic E-state index is 14.1. The van der Waals surface area contributed by atoms with Gasteiger partial charge in [-0.2, -0.15) is 0 Å². The van der Waals surface area contributed by atoms with Crippen molar-refractivity contribution < 1.29 is 9.18 Å². The molecular formula is C29H28FN5OS. The normalized spacial score (nSPS) is 17.1. The van der Waals surface area contributed by atoms with Crippen LogP contribution in [-0.2, 0) is 4.79 Å². The number of nitrogens with one attached hydrogen (secondary N) is 2. The molecule has 4 aromatic rings. The van der Waals surface area contributed by atoms with Crippen molar-refractivity contribution in [3.63, 3.8) is 0 Å². The highest BCUT2D eigenvalue weighted by atomic mass is 32.1. The minimum atomic E-state index is -0.307. The zero-order valence-corrected chi connectivity index (χ0v) is 21.5. The Morgan fingerprint density at radius 1 is 1.08 bits per heavy atom. The second-order valence-electron chi connectivity index (χ2n) is 9.22. The number of carbonyl (C=O) groups is 1. The summed E-state index contributed by atoms with van der Waals surface area (Å²) in [5.74, 6) is -0.393. The molecule has 0 unspecified atom stereocenters. The van der Waals surface area contributed by atoms with E-state index in [1.54, 1.807) is 12.3 Å². The lowest BCUT2D eigenvalue weighted by Crippen LogP contribution is -2.33. The molecule has 0 aliphatic carbocycles. The predicted molar refractivity (Wildman–Crippen MR) is 147 cm³/mol. The zero-order chi connectivity index (χ0) is 25.9. The van der Waals surface area contributed by atoms with Crippen molar-refractivity contribution in [2.75, 3.05) is 11.9 Å². The highest BCUT2D eigenvalue weighted by molar-refractivity contribution is 7.80. The topological polar surface area (TPSA) is 62.2 Å². The summed E-state index contributed by atoms with van der Waals surface area (Å²) in [5.41, 5.74) is 5.38. The van der Waals surface area contributed by atoms with E-state index < -0.39 is 0 Å². The molecule has 1 fully saturated rings. The average molecular weight is 514 g/mol. The van der Waals surface area contributed by atoms with Crippen LogP contribution < -0.4 is 10.6 Å². The van der Waals surface area contributed by atoms with E-state index in [2.05, 4.69) is 15.6 Å². The Hall–Kier alpha value is -4.04. The highest BCUT2D eigenvalue weighted by Gasteiger charge is 2.41. The van der Waals surface area contributed by atoms with Crippen LogP contribution in [0.2, 0.25) is 0 Å². The number of hydrogen-bond acceptors (Lipinski definition) is 3. The number of thiocarbonyl (C=S) groups is 1. The van der Waals surface area contributed by atoms with Gasteiger partial charge in [0, 0.05) is 42.4 Å². The largest absolute Gasteiger partial charge is 0.352 e. The summed E-state index contributed by atoms with van der Waals surface area (Å²) in [6.45, 7) is 4.38. The third kappa shape index (κ3) is 5.24. The second kappa shape index (κ2) is 10.5. The monoisotopic (exact) mass is 513 g/mol. The molecule has 0 spiro atoms. The number of aryl methyl sites for hydroxylation is 2. The summed E-state index contributed by atoms with van der Waals surface area (Å²) in [6.07, 6.45) is 3.91. The number of rotatable bonds is 7. The molecule has 0 saturated carbocycles. The summed E-state index contributed by atoms with van der Waals surface area (Å²) in [4.78, 5) is 19.6. The number of aromatic nitrogens is 2. The molecule has 2 N–H and O–H groups in total. The molecule has 1 aliphatic heterocycles. The van der Waals surface area contributed by atoms with Crippen molar-refractivity contribution in [1.82, 2.24) is 19.8 Å². The fourth-order valence-electron chi connectivity index (χ4n) is 4.77. The maximum Gasteiger partial charge on any atom is 0.226 e. The smallest absolute Gasteiger partial charge is 0.226 e. The van der Waals surface area contributed by atoms with Gasteiger partial charge in [-0.15, -0.1) is 0 Å². The van der Waals surface area contributed by atoms with Crippen molar-refractivity contribution in [3.05, 3.63) is 114 Å². The number of halogens is 1. The fourth-order valence-corrected chi connectivity index (χ4v) is 5.10. The lowest BCUT2D eigenvalue weighted by molar-refractivity contribution is -0.116. The summed E-state index contributed by atoms with van der Waals surface area (Å²) in [6, 6.07) is 21.7. The standard InChI is InChI=1S/C29H28FN5OS/c1-19-11-12-20(2)24(17-19)32-26(36)13-16-35-28(27(33-29(35)37)23-9-3-4-14-31-23)25-10-6-15-34(25)22-8-5-7-21(30)18-22/h3-12,14-15,17-18,27-28H,13,16H2,1-2H3,(H,32,36)(H,33,37)/t27-,28+/m0/s1. The predicted octanol–water partition coefficient (Wildman–Crippen LogP) is 5.63. The summed E-state index contributed by atoms with van der Waals surface area (Å²) in [7, 11) is 0. The minimum Gasteiger partial charge on any atom is -0.352 e. The van der Waals surface area contributed by atoms with E-state index in [0.29, 0.717) is 17.3 Å². The summed E-state index contributed by atoms with van der Waals surface area (Å²) in [5, 5.41) is 7.00. The van der Waals surface area contributed by atoms with Gasteiger partial charge in [0.25, 0.3) is 0 Å². The molecule has 37 heavy (non-hydrogen) atoms. The maximum absolute atomic E-state index is 14.1. The van der Waals surface area contributed by atoms with Gasteiger partial charge in [0.2, 0.25) is 5.91 Å². The number of anilines is 1. The Morgan fingerprint density at radius 2 is 1.95 bits per heavy atom. The van der Waals surface area contributed by atoms with Crippen molar-refractivity contribution >= 4 is 28.9 Å². The first-order valence-electron chi connectivity index (χ1n) is 12.2. The van der Waals surface area contributed by atoms with Crippen molar-refractivity contribution in [2.24, 2.45) is 0 Å². The number of nitrogens with zero attached hydrogens (tertiary/aromatic N) is 3. The van der Waals surface area contributed by atoms with Crippen molar-refractivity contribution in [2.45, 2.75) is 32.4 Å².